The standard InChI is InChI=1S/C16H21BrN4O/c1-16(2,3)15(22)21-6-4-5-20(7-8-21)14-12(10-18)9-13(17)11-19-14/h9,11H,4-8H2,1-3H3. The molecule has 0 atom stereocenters. The molecule has 0 aliphatic carbocycles. The molecule has 1 saturated heterocycles. The largest absolute Gasteiger partial charge is 0.354 e. The van der Waals surface area contributed by atoms with Crippen LogP contribution in [0.1, 0.15) is 32.8 Å². The third-order valence-corrected chi connectivity index (χ3v) is 4.11. The highest BCUT2D eigenvalue weighted by Crippen LogP contribution is 2.23. The minimum atomic E-state index is -0.358. The second kappa shape index (κ2) is 6.66. The molecule has 1 aliphatic heterocycles. The molecule has 22 heavy (non-hydrogen) atoms. The summed E-state index contributed by atoms with van der Waals surface area (Å²) in [4.78, 5) is 20.8. The fraction of sp³-hybridized carbons (Fsp3) is 0.562. The van der Waals surface area contributed by atoms with Gasteiger partial charge in [-0.25, -0.2) is 4.98 Å². The van der Waals surface area contributed by atoms with E-state index in [2.05, 4.69) is 31.9 Å². The van der Waals surface area contributed by atoms with Crippen molar-refractivity contribution < 1.29 is 4.79 Å². The fourth-order valence-corrected chi connectivity index (χ4v) is 2.90. The van der Waals surface area contributed by atoms with Crippen LogP contribution in [-0.2, 0) is 4.79 Å². The van der Waals surface area contributed by atoms with E-state index >= 15 is 0 Å². The highest BCUT2D eigenvalue weighted by molar-refractivity contribution is 9.10. The Bertz CT molecular complexity index is 603. The van der Waals surface area contributed by atoms with Crippen LogP contribution in [0.5, 0.6) is 0 Å². The van der Waals surface area contributed by atoms with Crippen LogP contribution in [0.4, 0.5) is 5.82 Å². The summed E-state index contributed by atoms with van der Waals surface area (Å²) in [5.74, 6) is 0.884. The molecule has 5 nitrogen and oxygen atoms in total. The monoisotopic (exact) mass is 364 g/mol. The van der Waals surface area contributed by atoms with Crippen LogP contribution < -0.4 is 4.90 Å². The first kappa shape index (κ1) is 16.8. The van der Waals surface area contributed by atoms with Gasteiger partial charge < -0.3 is 9.80 Å². The van der Waals surface area contributed by atoms with Crippen molar-refractivity contribution in [3.63, 3.8) is 0 Å². The zero-order valence-corrected chi connectivity index (χ0v) is 14.9. The Hall–Kier alpha value is -1.61. The lowest BCUT2D eigenvalue weighted by Gasteiger charge is -2.28. The zero-order valence-electron chi connectivity index (χ0n) is 13.3. The molecular weight excluding hydrogens is 344 g/mol. The second-order valence-corrected chi connectivity index (χ2v) is 7.43. The summed E-state index contributed by atoms with van der Waals surface area (Å²) >= 11 is 3.34. The Morgan fingerprint density at radius 3 is 2.68 bits per heavy atom. The average Bonchev–Trinajstić information content (AvgIpc) is 2.71. The maximum Gasteiger partial charge on any atom is 0.228 e. The van der Waals surface area contributed by atoms with Crippen molar-refractivity contribution in [3.05, 3.63) is 22.3 Å². The Labute approximate surface area is 140 Å². The smallest absolute Gasteiger partial charge is 0.228 e. The minimum Gasteiger partial charge on any atom is -0.354 e. The Morgan fingerprint density at radius 1 is 1.32 bits per heavy atom. The van der Waals surface area contributed by atoms with Crippen LogP contribution in [0.15, 0.2) is 16.7 Å². The minimum absolute atomic E-state index is 0.179. The molecule has 6 heteroatoms. The average molecular weight is 365 g/mol. The normalized spacial score (nSPS) is 16.1. The molecule has 1 aromatic heterocycles. The van der Waals surface area contributed by atoms with E-state index in [9.17, 15) is 10.1 Å². The van der Waals surface area contributed by atoms with Gasteiger partial charge in [-0.15, -0.1) is 0 Å². The molecule has 1 fully saturated rings. The van der Waals surface area contributed by atoms with Crippen molar-refractivity contribution in [2.24, 2.45) is 5.41 Å². The zero-order chi connectivity index (χ0) is 16.3. The summed E-state index contributed by atoms with van der Waals surface area (Å²) in [5.41, 5.74) is 0.202. The highest BCUT2D eigenvalue weighted by atomic mass is 79.9. The van der Waals surface area contributed by atoms with E-state index in [1.165, 1.54) is 0 Å². The number of nitrogens with zero attached hydrogens (tertiary/aromatic N) is 4. The van der Waals surface area contributed by atoms with Gasteiger partial charge in [0.15, 0.2) is 0 Å². The molecule has 118 valence electrons. The van der Waals surface area contributed by atoms with Crippen molar-refractivity contribution in [2.75, 3.05) is 31.1 Å². The van der Waals surface area contributed by atoms with E-state index in [0.717, 1.165) is 24.0 Å². The van der Waals surface area contributed by atoms with Gasteiger partial charge >= 0.3 is 0 Å². The maximum atomic E-state index is 12.4. The number of aromatic nitrogens is 1. The molecule has 2 heterocycles. The van der Waals surface area contributed by atoms with E-state index in [4.69, 9.17) is 0 Å². The highest BCUT2D eigenvalue weighted by Gasteiger charge is 2.29. The van der Waals surface area contributed by atoms with Gasteiger partial charge in [0.2, 0.25) is 5.91 Å². The quantitative estimate of drug-likeness (QED) is 0.768. The molecule has 1 aliphatic rings. The number of rotatable bonds is 1. The van der Waals surface area contributed by atoms with Gasteiger partial charge in [-0.2, -0.15) is 5.26 Å². The van der Waals surface area contributed by atoms with Crippen molar-refractivity contribution in [3.8, 4) is 6.07 Å². The summed E-state index contributed by atoms with van der Waals surface area (Å²) in [6.07, 6.45) is 2.59. The van der Waals surface area contributed by atoms with Crippen LogP contribution in [0, 0.1) is 16.7 Å². The van der Waals surface area contributed by atoms with E-state index in [1.807, 2.05) is 25.7 Å². The molecule has 0 aromatic carbocycles. The number of anilines is 1. The predicted molar refractivity (Wildman–Crippen MR) is 89.5 cm³/mol. The maximum absolute atomic E-state index is 12.4. The van der Waals surface area contributed by atoms with Crippen molar-refractivity contribution in [1.82, 2.24) is 9.88 Å². The molecule has 0 spiro atoms. The van der Waals surface area contributed by atoms with Crippen molar-refractivity contribution in [2.45, 2.75) is 27.2 Å². The molecule has 0 radical (unpaired) electrons. The van der Waals surface area contributed by atoms with Gasteiger partial charge in [-0.1, -0.05) is 20.8 Å². The van der Waals surface area contributed by atoms with Crippen LogP contribution in [0.2, 0.25) is 0 Å². The number of pyridine rings is 1. The second-order valence-electron chi connectivity index (χ2n) is 6.52. The predicted octanol–water partition coefficient (Wildman–Crippen LogP) is 2.80. The number of hydrogen-bond acceptors (Lipinski definition) is 4. The third kappa shape index (κ3) is 3.77. The molecule has 0 bridgehead atoms. The topological polar surface area (TPSA) is 60.2 Å². The van der Waals surface area contributed by atoms with Crippen molar-refractivity contribution >= 4 is 27.7 Å². The van der Waals surface area contributed by atoms with Gasteiger partial charge in [-0.05, 0) is 28.4 Å². The van der Waals surface area contributed by atoms with E-state index in [0.29, 0.717) is 24.5 Å². The van der Waals surface area contributed by atoms with Gasteiger partial charge in [0, 0.05) is 42.3 Å². The van der Waals surface area contributed by atoms with Crippen LogP contribution in [0.25, 0.3) is 0 Å². The summed E-state index contributed by atoms with van der Waals surface area (Å²) in [6.45, 7) is 8.76. The van der Waals surface area contributed by atoms with Gasteiger partial charge in [-0.3, -0.25) is 4.79 Å². The van der Waals surface area contributed by atoms with Crippen molar-refractivity contribution in [1.29, 1.82) is 5.26 Å². The molecule has 0 saturated carbocycles. The van der Waals surface area contributed by atoms with E-state index < -0.39 is 0 Å². The summed E-state index contributed by atoms with van der Waals surface area (Å²) < 4.78 is 0.798. The van der Waals surface area contributed by atoms with Crippen LogP contribution in [-0.4, -0.2) is 42.0 Å². The number of hydrogen-bond donors (Lipinski definition) is 0. The summed E-state index contributed by atoms with van der Waals surface area (Å²) in [6, 6.07) is 3.98. The fourth-order valence-electron chi connectivity index (χ4n) is 2.57. The first-order chi connectivity index (χ1) is 10.3. The van der Waals surface area contributed by atoms with E-state index in [1.54, 1.807) is 12.3 Å². The number of nitriles is 1. The Morgan fingerprint density at radius 2 is 2.05 bits per heavy atom. The molecule has 1 amide bonds. The number of halogens is 1. The number of carbonyl (C=O) groups excluding carboxylic acids is 1. The lowest BCUT2D eigenvalue weighted by atomic mass is 9.94. The van der Waals surface area contributed by atoms with E-state index in [-0.39, 0.29) is 11.3 Å². The number of amides is 1. The lowest BCUT2D eigenvalue weighted by Crippen LogP contribution is -2.41. The van der Waals surface area contributed by atoms with Gasteiger partial charge in [0.05, 0.1) is 5.56 Å². The SMILES string of the molecule is CC(C)(C)C(=O)N1CCCN(c2ncc(Br)cc2C#N)CC1. The molecule has 0 N–H and O–H groups in total. The Balaban J connectivity index is 2.15. The first-order valence-electron chi connectivity index (χ1n) is 7.43. The molecular formula is C16H21BrN4O. The van der Waals surface area contributed by atoms with Crippen LogP contribution in [0.3, 0.4) is 0 Å². The molecule has 1 aromatic rings. The number of carbonyl (C=O) groups is 1. The molecule has 2 rings (SSSR count). The van der Waals surface area contributed by atoms with Gasteiger partial charge in [0.1, 0.15) is 11.9 Å². The molecule has 0 unspecified atom stereocenters. The van der Waals surface area contributed by atoms with Gasteiger partial charge in [0.25, 0.3) is 0 Å². The Kier molecular flexibility index (Phi) is 5.07. The summed E-state index contributed by atoms with van der Waals surface area (Å²) in [7, 11) is 0. The van der Waals surface area contributed by atoms with Crippen LogP contribution >= 0.6 is 15.9 Å². The third-order valence-electron chi connectivity index (χ3n) is 3.68. The lowest BCUT2D eigenvalue weighted by molar-refractivity contribution is -0.139. The first-order valence-corrected chi connectivity index (χ1v) is 8.22. The summed E-state index contributed by atoms with van der Waals surface area (Å²) in [5, 5.41) is 9.29.